The Morgan fingerprint density at radius 1 is 1.00 bits per heavy atom. The van der Waals surface area contributed by atoms with Crippen molar-refractivity contribution < 1.29 is 14.0 Å². The van der Waals surface area contributed by atoms with E-state index in [0.29, 0.717) is 5.69 Å². The van der Waals surface area contributed by atoms with Crippen LogP contribution in [0.1, 0.15) is 34.3 Å². The molecule has 0 spiro atoms. The smallest absolute Gasteiger partial charge is 0.321 e. The Bertz CT molecular complexity index is 1130. The number of nitrogens with zero attached hydrogens (tertiary/aromatic N) is 2. The van der Waals surface area contributed by atoms with Gasteiger partial charge in [-0.3, -0.25) is 4.79 Å². The Morgan fingerprint density at radius 2 is 1.61 bits per heavy atom. The molecule has 1 aromatic heterocycles. The number of fused-ring (bicyclic) bond motifs is 1. The van der Waals surface area contributed by atoms with Gasteiger partial charge in [0.05, 0.1) is 21.4 Å². The number of aromatic nitrogens is 1. The molecule has 0 atom stereocenters. The molecule has 31 heavy (non-hydrogen) atoms. The second-order valence-electron chi connectivity index (χ2n) is 7.23. The van der Waals surface area contributed by atoms with Crippen LogP contribution < -0.4 is 9.74 Å². The standard InChI is InChI=1S/C22H17Cl3FN3O2/c23-18-9-17(29(22(31)27-25)21(30)13-6-3-7-16(26)8-13)10-19(24)20(18)28-11-14-4-1-2-5-15(14)12-28/h3,6-12H,1-2,4-5H2,(H,27,31). The molecule has 5 nitrogen and oxygen atoms in total. The van der Waals surface area contributed by atoms with Crippen molar-refractivity contribution in [2.75, 3.05) is 4.90 Å². The fourth-order valence-corrected chi connectivity index (χ4v) is 4.55. The van der Waals surface area contributed by atoms with Crippen LogP contribution in [-0.2, 0) is 12.8 Å². The number of hydrogen-bond donors (Lipinski definition) is 1. The SMILES string of the molecule is O=C(NCl)N(C(=O)c1cccc(F)c1)c1cc(Cl)c(-n2cc3c(c2)CCCC3)c(Cl)c1. The molecule has 1 aliphatic rings. The van der Waals surface area contributed by atoms with Crippen molar-refractivity contribution in [2.24, 2.45) is 0 Å². The Balaban J connectivity index is 1.76. The zero-order valence-corrected chi connectivity index (χ0v) is 18.4. The summed E-state index contributed by atoms with van der Waals surface area (Å²) in [6.45, 7) is 0. The molecule has 0 fully saturated rings. The number of carbonyl (C=O) groups excluding carboxylic acids is 2. The fourth-order valence-electron chi connectivity index (χ4n) is 3.80. The first-order valence-electron chi connectivity index (χ1n) is 9.59. The highest BCUT2D eigenvalue weighted by Gasteiger charge is 2.27. The lowest BCUT2D eigenvalue weighted by Crippen LogP contribution is -2.41. The van der Waals surface area contributed by atoms with Crippen molar-refractivity contribution in [3.8, 4) is 5.69 Å². The molecule has 0 unspecified atom stereocenters. The first-order chi connectivity index (χ1) is 14.9. The minimum Gasteiger partial charge on any atom is -0.321 e. The van der Waals surface area contributed by atoms with Crippen LogP contribution in [0.25, 0.3) is 5.69 Å². The number of benzene rings is 2. The van der Waals surface area contributed by atoms with Crippen LogP contribution in [0, 0.1) is 5.82 Å². The Kier molecular flexibility index (Phi) is 6.23. The van der Waals surface area contributed by atoms with Gasteiger partial charge in [-0.1, -0.05) is 29.3 Å². The van der Waals surface area contributed by atoms with Crippen LogP contribution in [0.15, 0.2) is 48.8 Å². The van der Waals surface area contributed by atoms with E-state index in [9.17, 15) is 14.0 Å². The topological polar surface area (TPSA) is 54.3 Å². The van der Waals surface area contributed by atoms with E-state index in [1.165, 1.54) is 41.5 Å². The van der Waals surface area contributed by atoms with Gasteiger partial charge >= 0.3 is 6.03 Å². The zero-order chi connectivity index (χ0) is 22.1. The molecule has 3 aromatic rings. The summed E-state index contributed by atoms with van der Waals surface area (Å²) in [6, 6.07) is 6.96. The monoisotopic (exact) mass is 479 g/mol. The second-order valence-corrected chi connectivity index (χ2v) is 8.24. The molecule has 4 rings (SSSR count). The normalized spacial score (nSPS) is 12.9. The highest BCUT2D eigenvalue weighted by Crippen LogP contribution is 2.36. The van der Waals surface area contributed by atoms with Crippen molar-refractivity contribution in [1.82, 2.24) is 9.40 Å². The van der Waals surface area contributed by atoms with Gasteiger partial charge < -0.3 is 4.57 Å². The predicted octanol–water partition coefficient (Wildman–Crippen LogP) is 6.31. The van der Waals surface area contributed by atoms with Crippen LogP contribution in [0.3, 0.4) is 0 Å². The van der Waals surface area contributed by atoms with E-state index >= 15 is 0 Å². The molecule has 9 heteroatoms. The fraction of sp³-hybridized carbons (Fsp3) is 0.182. The summed E-state index contributed by atoms with van der Waals surface area (Å²) in [5.41, 5.74) is 3.13. The van der Waals surface area contributed by atoms with Gasteiger partial charge in [-0.05, 0) is 67.1 Å². The third kappa shape index (κ3) is 4.28. The number of aryl methyl sites for hydroxylation is 2. The molecule has 1 aliphatic carbocycles. The summed E-state index contributed by atoms with van der Waals surface area (Å²) < 4.78 is 15.5. The number of nitrogens with one attached hydrogen (secondary N) is 1. The average molecular weight is 481 g/mol. The lowest BCUT2D eigenvalue weighted by atomic mass is 9.96. The predicted molar refractivity (Wildman–Crippen MR) is 120 cm³/mol. The third-order valence-electron chi connectivity index (χ3n) is 5.22. The molecule has 2 aromatic carbocycles. The van der Waals surface area contributed by atoms with Gasteiger partial charge in [0.15, 0.2) is 0 Å². The lowest BCUT2D eigenvalue weighted by molar-refractivity contribution is 0.0994. The Morgan fingerprint density at radius 3 is 2.16 bits per heavy atom. The number of hydrogen-bond acceptors (Lipinski definition) is 2. The zero-order valence-electron chi connectivity index (χ0n) is 16.2. The molecule has 1 N–H and O–H groups in total. The Labute approximate surface area is 193 Å². The molecular formula is C22H17Cl3FN3O2. The highest BCUT2D eigenvalue weighted by atomic mass is 35.5. The maximum atomic E-state index is 13.6. The van der Waals surface area contributed by atoms with Gasteiger partial charge in [0.2, 0.25) is 0 Å². The first-order valence-corrected chi connectivity index (χ1v) is 10.7. The number of rotatable bonds is 3. The van der Waals surface area contributed by atoms with Crippen molar-refractivity contribution in [3.05, 3.63) is 81.3 Å². The highest BCUT2D eigenvalue weighted by molar-refractivity contribution is 6.39. The van der Waals surface area contributed by atoms with Gasteiger partial charge in [0.25, 0.3) is 5.91 Å². The van der Waals surface area contributed by atoms with Gasteiger partial charge in [-0.15, -0.1) is 0 Å². The molecule has 1 heterocycles. The van der Waals surface area contributed by atoms with E-state index in [0.717, 1.165) is 36.6 Å². The number of halogens is 4. The number of anilines is 1. The number of urea groups is 1. The van der Waals surface area contributed by atoms with E-state index in [2.05, 4.69) is 0 Å². The van der Waals surface area contributed by atoms with Gasteiger partial charge in [-0.2, -0.15) is 0 Å². The quantitative estimate of drug-likeness (QED) is 0.447. The summed E-state index contributed by atoms with van der Waals surface area (Å²) in [4.78, 5) is 28.0. The van der Waals surface area contributed by atoms with E-state index in [-0.39, 0.29) is 21.3 Å². The second kappa shape index (κ2) is 8.91. The van der Waals surface area contributed by atoms with Crippen LogP contribution in [0.4, 0.5) is 14.9 Å². The van der Waals surface area contributed by atoms with Crippen LogP contribution in [0.2, 0.25) is 10.0 Å². The summed E-state index contributed by atoms with van der Waals surface area (Å²) in [5.74, 6) is -1.39. The first kappa shape index (κ1) is 21.7. The van der Waals surface area contributed by atoms with E-state index < -0.39 is 17.8 Å². The minimum atomic E-state index is -0.924. The van der Waals surface area contributed by atoms with Crippen LogP contribution >= 0.6 is 35.0 Å². The van der Waals surface area contributed by atoms with Crippen molar-refractivity contribution in [3.63, 3.8) is 0 Å². The van der Waals surface area contributed by atoms with Crippen LogP contribution in [0.5, 0.6) is 0 Å². The number of imide groups is 1. The molecule has 160 valence electrons. The average Bonchev–Trinajstić information content (AvgIpc) is 3.16. The lowest BCUT2D eigenvalue weighted by Gasteiger charge is -2.21. The molecule has 0 saturated carbocycles. The third-order valence-corrected chi connectivity index (χ3v) is 5.96. The van der Waals surface area contributed by atoms with Crippen LogP contribution in [-0.4, -0.2) is 16.5 Å². The van der Waals surface area contributed by atoms with E-state index in [1.54, 1.807) is 0 Å². The largest absolute Gasteiger partial charge is 0.343 e. The summed E-state index contributed by atoms with van der Waals surface area (Å²) in [5, 5.41) is 0.489. The van der Waals surface area contributed by atoms with Crippen molar-refractivity contribution in [1.29, 1.82) is 0 Å². The number of carbonyl (C=O) groups is 2. The molecular weight excluding hydrogens is 464 g/mol. The van der Waals surface area contributed by atoms with E-state index in [4.69, 9.17) is 35.0 Å². The van der Waals surface area contributed by atoms with Crippen molar-refractivity contribution >= 4 is 52.6 Å². The van der Waals surface area contributed by atoms with Crippen molar-refractivity contribution in [2.45, 2.75) is 25.7 Å². The van der Waals surface area contributed by atoms with E-state index in [1.807, 2.05) is 21.8 Å². The molecule has 0 saturated heterocycles. The van der Waals surface area contributed by atoms with Gasteiger partial charge in [-0.25, -0.2) is 18.9 Å². The maximum absolute atomic E-state index is 13.6. The Hall–Kier alpha value is -2.54. The number of amides is 3. The molecule has 0 radical (unpaired) electrons. The summed E-state index contributed by atoms with van der Waals surface area (Å²) in [6.07, 6.45) is 8.29. The minimum absolute atomic E-state index is 0.0327. The summed E-state index contributed by atoms with van der Waals surface area (Å²) >= 11 is 18.6. The maximum Gasteiger partial charge on any atom is 0.343 e. The molecule has 0 bridgehead atoms. The molecule has 3 amide bonds. The molecule has 0 aliphatic heterocycles. The van der Waals surface area contributed by atoms with Gasteiger partial charge in [0, 0.05) is 29.7 Å². The van der Waals surface area contributed by atoms with Gasteiger partial charge in [0.1, 0.15) is 5.82 Å². The summed E-state index contributed by atoms with van der Waals surface area (Å²) in [7, 11) is 0.